The Morgan fingerprint density at radius 2 is 1.88 bits per heavy atom. The molecule has 136 valence electrons. The molecule has 26 heavy (non-hydrogen) atoms. The van der Waals surface area contributed by atoms with Gasteiger partial charge in [-0.1, -0.05) is 24.3 Å². The first-order chi connectivity index (χ1) is 12.6. The number of aliphatic hydroxyl groups excluding tert-OH is 1. The van der Waals surface area contributed by atoms with Crippen molar-refractivity contribution in [2.45, 2.75) is 24.9 Å². The Kier molecular flexibility index (Phi) is 4.21. The first-order valence-electron chi connectivity index (χ1n) is 9.00. The minimum absolute atomic E-state index is 0.0224. The van der Waals surface area contributed by atoms with Gasteiger partial charge in [-0.05, 0) is 61.8 Å². The molecule has 5 nitrogen and oxygen atoms in total. The second-order valence-electron chi connectivity index (χ2n) is 7.29. The van der Waals surface area contributed by atoms with Crippen LogP contribution in [0.1, 0.15) is 24.0 Å². The van der Waals surface area contributed by atoms with E-state index in [4.69, 9.17) is 4.74 Å². The molecule has 0 saturated carbocycles. The number of carbonyl (C=O) groups excluding carboxylic acids is 1. The number of carbonyl (C=O) groups is 1. The first kappa shape index (κ1) is 17.1. The van der Waals surface area contributed by atoms with E-state index in [2.05, 4.69) is 17.3 Å². The maximum Gasteiger partial charge on any atom is 0.235 e. The van der Waals surface area contributed by atoms with Crippen molar-refractivity contribution in [3.63, 3.8) is 0 Å². The molecule has 2 aromatic carbocycles. The molecule has 2 heterocycles. The number of nitrogens with zero attached hydrogens (tertiary/aromatic N) is 1. The molecular formula is C21H24N2O3. The molecule has 0 bridgehead atoms. The molecule has 0 atom stereocenters. The van der Waals surface area contributed by atoms with Crippen LogP contribution in [0.5, 0.6) is 5.75 Å². The number of piperidine rings is 1. The summed E-state index contributed by atoms with van der Waals surface area (Å²) >= 11 is 0. The van der Waals surface area contributed by atoms with E-state index in [1.54, 1.807) is 7.11 Å². The van der Waals surface area contributed by atoms with Crippen molar-refractivity contribution in [1.29, 1.82) is 0 Å². The molecule has 2 aliphatic rings. The fourth-order valence-corrected chi connectivity index (χ4v) is 4.12. The summed E-state index contributed by atoms with van der Waals surface area (Å²) in [6.45, 7) is 1.85. The van der Waals surface area contributed by atoms with Crippen LogP contribution in [-0.2, 0) is 16.8 Å². The molecule has 0 unspecified atom stereocenters. The fraction of sp³-hybridized carbons (Fsp3) is 0.381. The van der Waals surface area contributed by atoms with Crippen molar-refractivity contribution in [3.8, 4) is 16.9 Å². The number of anilines is 1. The summed E-state index contributed by atoms with van der Waals surface area (Å²) in [5, 5.41) is 12.3. The number of likely N-dealkylation sites (tertiary alicyclic amines) is 1. The van der Waals surface area contributed by atoms with Crippen LogP contribution in [0.4, 0.5) is 5.69 Å². The second kappa shape index (κ2) is 6.41. The van der Waals surface area contributed by atoms with E-state index in [1.807, 2.05) is 36.4 Å². The Bertz CT molecular complexity index is 837. The molecule has 0 aromatic heterocycles. The first-order valence-corrected chi connectivity index (χ1v) is 9.00. The van der Waals surface area contributed by atoms with Crippen molar-refractivity contribution in [1.82, 2.24) is 4.90 Å². The number of nitrogens with one attached hydrogen (secondary N) is 1. The van der Waals surface area contributed by atoms with Crippen LogP contribution in [0.3, 0.4) is 0 Å². The highest BCUT2D eigenvalue weighted by Crippen LogP contribution is 2.48. The van der Waals surface area contributed by atoms with Gasteiger partial charge in [0.15, 0.2) is 0 Å². The number of hydrogen-bond donors (Lipinski definition) is 2. The summed E-state index contributed by atoms with van der Waals surface area (Å²) in [4.78, 5) is 15.1. The number of amides is 1. The van der Waals surface area contributed by atoms with Crippen LogP contribution >= 0.6 is 0 Å². The number of ether oxygens (including phenoxy) is 1. The van der Waals surface area contributed by atoms with Gasteiger partial charge in [-0.25, -0.2) is 0 Å². The van der Waals surface area contributed by atoms with Gasteiger partial charge in [-0.2, -0.15) is 0 Å². The summed E-state index contributed by atoms with van der Waals surface area (Å²) in [7, 11) is 3.76. The van der Waals surface area contributed by atoms with Crippen LogP contribution in [0, 0.1) is 0 Å². The summed E-state index contributed by atoms with van der Waals surface area (Å²) in [6.07, 6.45) is 1.66. The average molecular weight is 352 g/mol. The third-order valence-corrected chi connectivity index (χ3v) is 5.83. The normalized spacial score (nSPS) is 18.7. The molecule has 1 spiro atoms. The van der Waals surface area contributed by atoms with Gasteiger partial charge in [-0.3, -0.25) is 4.79 Å². The highest BCUT2D eigenvalue weighted by molar-refractivity contribution is 6.07. The minimum atomic E-state index is -0.436. The van der Waals surface area contributed by atoms with E-state index < -0.39 is 5.41 Å². The lowest BCUT2D eigenvalue weighted by molar-refractivity contribution is -0.122. The summed E-state index contributed by atoms with van der Waals surface area (Å²) < 4.78 is 5.67. The van der Waals surface area contributed by atoms with E-state index in [0.717, 1.165) is 59.6 Å². The monoisotopic (exact) mass is 352 g/mol. The smallest absolute Gasteiger partial charge is 0.235 e. The zero-order valence-electron chi connectivity index (χ0n) is 15.2. The molecule has 2 aromatic rings. The van der Waals surface area contributed by atoms with E-state index in [9.17, 15) is 9.90 Å². The number of benzene rings is 2. The zero-order valence-corrected chi connectivity index (χ0v) is 15.2. The molecule has 1 amide bonds. The zero-order chi connectivity index (χ0) is 18.3. The summed E-state index contributed by atoms with van der Waals surface area (Å²) in [5.41, 5.74) is 4.33. The van der Waals surface area contributed by atoms with E-state index in [1.165, 1.54) is 0 Å². The Labute approximate surface area is 153 Å². The maximum absolute atomic E-state index is 12.8. The topological polar surface area (TPSA) is 61.8 Å². The molecule has 2 N–H and O–H groups in total. The lowest BCUT2D eigenvalue weighted by atomic mass is 9.73. The molecule has 0 aliphatic carbocycles. The van der Waals surface area contributed by atoms with Crippen molar-refractivity contribution in [2.75, 3.05) is 32.6 Å². The average Bonchev–Trinajstić information content (AvgIpc) is 2.94. The van der Waals surface area contributed by atoms with Gasteiger partial charge in [0.1, 0.15) is 5.75 Å². The predicted molar refractivity (Wildman–Crippen MR) is 101 cm³/mol. The van der Waals surface area contributed by atoms with Gasteiger partial charge in [-0.15, -0.1) is 0 Å². The van der Waals surface area contributed by atoms with E-state index in [-0.39, 0.29) is 12.5 Å². The Hall–Kier alpha value is -2.37. The largest absolute Gasteiger partial charge is 0.496 e. The van der Waals surface area contributed by atoms with Crippen LogP contribution in [-0.4, -0.2) is 43.2 Å². The number of methoxy groups -OCH3 is 1. The van der Waals surface area contributed by atoms with E-state index >= 15 is 0 Å². The quantitative estimate of drug-likeness (QED) is 0.892. The number of aliphatic hydroxyl groups is 1. The molecular weight excluding hydrogens is 328 g/mol. The van der Waals surface area contributed by atoms with Crippen molar-refractivity contribution < 1.29 is 14.6 Å². The highest BCUT2D eigenvalue weighted by Gasteiger charge is 2.48. The van der Waals surface area contributed by atoms with Crippen molar-refractivity contribution in [3.05, 3.63) is 47.5 Å². The third-order valence-electron chi connectivity index (χ3n) is 5.83. The molecule has 0 radical (unpaired) electrons. The van der Waals surface area contributed by atoms with Gasteiger partial charge in [0, 0.05) is 11.3 Å². The van der Waals surface area contributed by atoms with Crippen LogP contribution < -0.4 is 10.1 Å². The van der Waals surface area contributed by atoms with Gasteiger partial charge >= 0.3 is 0 Å². The van der Waals surface area contributed by atoms with Crippen molar-refractivity contribution >= 4 is 11.6 Å². The van der Waals surface area contributed by atoms with Crippen LogP contribution in [0.2, 0.25) is 0 Å². The van der Waals surface area contributed by atoms with E-state index in [0.29, 0.717) is 0 Å². The van der Waals surface area contributed by atoms with Gasteiger partial charge < -0.3 is 20.1 Å². The Balaban J connectivity index is 1.79. The third kappa shape index (κ3) is 2.59. The number of rotatable bonds is 3. The molecule has 1 saturated heterocycles. The van der Waals surface area contributed by atoms with Crippen LogP contribution in [0.15, 0.2) is 36.4 Å². The Morgan fingerprint density at radius 3 is 2.50 bits per heavy atom. The standard InChI is InChI=1S/C21H24N2O3/c1-23-9-7-21(8-10-23)17-12-19(26-2)16(11-18(17)22-20(21)25)15-5-3-14(13-24)4-6-15/h3-6,11-12,24H,7-10,13H2,1-2H3,(H,22,25). The lowest BCUT2D eigenvalue weighted by Crippen LogP contribution is -2.45. The van der Waals surface area contributed by atoms with Gasteiger partial charge in [0.2, 0.25) is 5.91 Å². The second-order valence-corrected chi connectivity index (χ2v) is 7.29. The Morgan fingerprint density at radius 1 is 1.19 bits per heavy atom. The predicted octanol–water partition coefficient (Wildman–Crippen LogP) is 2.77. The number of hydrogen-bond acceptors (Lipinski definition) is 4. The van der Waals surface area contributed by atoms with Gasteiger partial charge in [0.05, 0.1) is 19.1 Å². The molecule has 1 fully saturated rings. The summed E-state index contributed by atoms with van der Waals surface area (Å²) in [6, 6.07) is 11.8. The van der Waals surface area contributed by atoms with Gasteiger partial charge in [0.25, 0.3) is 0 Å². The van der Waals surface area contributed by atoms with Crippen molar-refractivity contribution in [2.24, 2.45) is 0 Å². The fourth-order valence-electron chi connectivity index (χ4n) is 4.12. The number of fused-ring (bicyclic) bond motifs is 2. The minimum Gasteiger partial charge on any atom is -0.496 e. The highest BCUT2D eigenvalue weighted by atomic mass is 16.5. The van der Waals surface area contributed by atoms with Crippen LogP contribution in [0.25, 0.3) is 11.1 Å². The molecule has 2 aliphatic heterocycles. The molecule has 5 heteroatoms. The SMILES string of the molecule is COc1cc2c(cc1-c1ccc(CO)cc1)NC(=O)C21CCN(C)CC1. The maximum atomic E-state index is 12.8. The molecule has 4 rings (SSSR count). The lowest BCUT2D eigenvalue weighted by Gasteiger charge is -2.36. The summed E-state index contributed by atoms with van der Waals surface area (Å²) in [5.74, 6) is 0.880.